The summed E-state index contributed by atoms with van der Waals surface area (Å²) < 4.78 is 14.6. The van der Waals surface area contributed by atoms with Crippen LogP contribution in [0.15, 0.2) is 54.6 Å². The topological polar surface area (TPSA) is 0 Å². The van der Waals surface area contributed by atoms with Gasteiger partial charge in [0.1, 0.15) is 5.82 Å². The van der Waals surface area contributed by atoms with Gasteiger partial charge in [0, 0.05) is 15.3 Å². The normalized spacial score (nSPS) is 14.1. The van der Waals surface area contributed by atoms with Crippen LogP contribution in [0.5, 0.6) is 0 Å². The fourth-order valence-corrected chi connectivity index (χ4v) is 4.07. The van der Waals surface area contributed by atoms with Crippen LogP contribution in [0.1, 0.15) is 30.2 Å². The van der Waals surface area contributed by atoms with Gasteiger partial charge in [0.05, 0.1) is 0 Å². The summed E-state index contributed by atoms with van der Waals surface area (Å²) in [6, 6.07) is 18.3. The van der Waals surface area contributed by atoms with Gasteiger partial charge in [0.15, 0.2) is 0 Å². The van der Waals surface area contributed by atoms with Crippen LogP contribution in [0, 0.1) is 11.7 Å². The molecule has 2 heteroatoms. The second kappa shape index (κ2) is 6.52. The molecule has 122 valence electrons. The first-order valence-electron chi connectivity index (χ1n) is 8.71. The van der Waals surface area contributed by atoms with Gasteiger partial charge in [-0.3, -0.25) is 0 Å². The third kappa shape index (κ3) is 3.29. The summed E-state index contributed by atoms with van der Waals surface area (Å²) in [5.74, 6) is 0.755. The third-order valence-corrected chi connectivity index (χ3v) is 6.02. The molecule has 0 atom stereocenters. The Hall–Kier alpha value is -1.93. The van der Waals surface area contributed by atoms with Gasteiger partial charge < -0.3 is 0 Å². The van der Waals surface area contributed by atoms with Crippen LogP contribution >= 0.6 is 11.3 Å². The molecule has 0 unspecified atom stereocenters. The van der Waals surface area contributed by atoms with Crippen molar-refractivity contribution >= 4 is 11.3 Å². The number of hydrogen-bond acceptors (Lipinski definition) is 1. The molecule has 1 heterocycles. The molecule has 1 aliphatic carbocycles. The average Bonchev–Trinajstić information content (AvgIpc) is 3.29. The molecule has 2 aromatic carbocycles. The summed E-state index contributed by atoms with van der Waals surface area (Å²) in [6.45, 7) is 2.13. The predicted molar refractivity (Wildman–Crippen MR) is 101 cm³/mol. The van der Waals surface area contributed by atoms with E-state index < -0.39 is 0 Å². The summed E-state index contributed by atoms with van der Waals surface area (Å²) in [7, 11) is 0. The molecule has 1 saturated carbocycles. The van der Waals surface area contributed by atoms with E-state index in [1.54, 1.807) is 17.4 Å². The zero-order valence-electron chi connectivity index (χ0n) is 13.9. The minimum Gasteiger partial charge on any atom is -0.206 e. The Balaban J connectivity index is 1.58. The average molecular weight is 336 g/mol. The van der Waals surface area contributed by atoms with E-state index >= 15 is 0 Å². The van der Waals surface area contributed by atoms with Crippen molar-refractivity contribution in [2.75, 3.05) is 0 Å². The van der Waals surface area contributed by atoms with E-state index in [9.17, 15) is 4.39 Å². The first-order valence-corrected chi connectivity index (χ1v) is 9.52. The van der Waals surface area contributed by atoms with Gasteiger partial charge >= 0.3 is 0 Å². The Labute approximate surface area is 147 Å². The fourth-order valence-electron chi connectivity index (χ4n) is 3.10. The van der Waals surface area contributed by atoms with Crippen molar-refractivity contribution < 1.29 is 4.39 Å². The van der Waals surface area contributed by atoms with Crippen LogP contribution in [0.4, 0.5) is 4.39 Å². The lowest BCUT2D eigenvalue weighted by Crippen LogP contribution is -1.88. The summed E-state index contributed by atoms with van der Waals surface area (Å²) in [5, 5.41) is 0. The summed E-state index contributed by atoms with van der Waals surface area (Å²) in [4.78, 5) is 2.30. The first-order chi connectivity index (χ1) is 11.7. The number of benzene rings is 2. The largest absolute Gasteiger partial charge is 0.206 e. The molecule has 0 nitrogen and oxygen atoms in total. The minimum atomic E-state index is -0.140. The highest BCUT2D eigenvalue weighted by Crippen LogP contribution is 2.34. The van der Waals surface area contributed by atoms with Crippen molar-refractivity contribution in [3.05, 3.63) is 70.9 Å². The molecular weight excluding hydrogens is 315 g/mol. The zero-order valence-corrected chi connectivity index (χ0v) is 14.7. The van der Waals surface area contributed by atoms with Crippen molar-refractivity contribution in [2.24, 2.45) is 5.92 Å². The Morgan fingerprint density at radius 3 is 2.33 bits per heavy atom. The number of halogens is 1. The van der Waals surface area contributed by atoms with Gasteiger partial charge in [-0.25, -0.2) is 4.39 Å². The van der Waals surface area contributed by atoms with Crippen LogP contribution in [0.2, 0.25) is 0 Å². The third-order valence-electron chi connectivity index (χ3n) is 4.75. The Kier molecular flexibility index (Phi) is 4.24. The van der Waals surface area contributed by atoms with Crippen molar-refractivity contribution in [2.45, 2.75) is 32.6 Å². The lowest BCUT2D eigenvalue weighted by Gasteiger charge is -2.07. The molecule has 4 rings (SSSR count). The molecule has 0 bridgehead atoms. The summed E-state index contributed by atoms with van der Waals surface area (Å²) >= 11 is 1.68. The maximum atomic E-state index is 14.6. The standard InChI is InChI=1S/C22H21FS/c1-2-19-10-12-22(24-19)20-11-9-18(14-21(20)23)17-7-5-16(6-8-17)13-15-3-4-15/h5-12,14-15H,2-4,13H2,1H3. The lowest BCUT2D eigenvalue weighted by atomic mass is 10.00. The maximum absolute atomic E-state index is 14.6. The van der Waals surface area contributed by atoms with Crippen molar-refractivity contribution in [3.63, 3.8) is 0 Å². The zero-order chi connectivity index (χ0) is 16.5. The quantitative estimate of drug-likeness (QED) is 0.484. The predicted octanol–water partition coefficient (Wildman–Crippen LogP) is 6.74. The minimum absolute atomic E-state index is 0.140. The molecule has 0 saturated heterocycles. The van der Waals surface area contributed by atoms with Crippen molar-refractivity contribution in [1.29, 1.82) is 0 Å². The second-order valence-electron chi connectivity index (χ2n) is 6.66. The van der Waals surface area contributed by atoms with Gasteiger partial charge in [-0.15, -0.1) is 11.3 Å². The molecule has 3 aromatic rings. The number of hydrogen-bond donors (Lipinski definition) is 0. The Morgan fingerprint density at radius 2 is 1.71 bits per heavy atom. The second-order valence-corrected chi connectivity index (χ2v) is 7.83. The molecule has 1 fully saturated rings. The van der Waals surface area contributed by atoms with Gasteiger partial charge in [0.25, 0.3) is 0 Å². The van der Waals surface area contributed by atoms with Crippen LogP contribution in [0.3, 0.4) is 0 Å². The lowest BCUT2D eigenvalue weighted by molar-refractivity contribution is 0.632. The van der Waals surface area contributed by atoms with Gasteiger partial charge in [-0.2, -0.15) is 0 Å². The van der Waals surface area contributed by atoms with Gasteiger partial charge in [0.2, 0.25) is 0 Å². The molecule has 0 amide bonds. The van der Waals surface area contributed by atoms with E-state index in [4.69, 9.17) is 0 Å². The number of thiophene rings is 1. The molecule has 1 aliphatic rings. The van der Waals surface area contributed by atoms with Gasteiger partial charge in [-0.1, -0.05) is 37.3 Å². The van der Waals surface area contributed by atoms with E-state index in [0.29, 0.717) is 5.56 Å². The van der Waals surface area contributed by atoms with Crippen LogP contribution in [-0.2, 0) is 12.8 Å². The summed E-state index contributed by atoms with van der Waals surface area (Å²) in [5.41, 5.74) is 4.12. The van der Waals surface area contributed by atoms with Gasteiger partial charge in [-0.05, 0) is 72.6 Å². The SMILES string of the molecule is CCc1ccc(-c2ccc(-c3ccc(CC4CC4)cc3)cc2F)s1. The first kappa shape index (κ1) is 15.6. The molecule has 0 spiro atoms. The highest BCUT2D eigenvalue weighted by Gasteiger charge is 2.21. The highest BCUT2D eigenvalue weighted by molar-refractivity contribution is 7.15. The molecule has 1 aromatic heterocycles. The van der Waals surface area contributed by atoms with Crippen LogP contribution in [-0.4, -0.2) is 0 Å². The smallest absolute Gasteiger partial charge is 0.132 e. The van der Waals surface area contributed by atoms with Crippen LogP contribution in [0.25, 0.3) is 21.6 Å². The van der Waals surface area contributed by atoms with E-state index in [-0.39, 0.29) is 5.82 Å². The van der Waals surface area contributed by atoms with E-state index in [1.807, 2.05) is 18.2 Å². The van der Waals surface area contributed by atoms with Crippen LogP contribution < -0.4 is 0 Å². The van der Waals surface area contributed by atoms with Crippen molar-refractivity contribution in [1.82, 2.24) is 0 Å². The number of rotatable bonds is 5. The van der Waals surface area contributed by atoms with Crippen molar-refractivity contribution in [3.8, 4) is 21.6 Å². The Morgan fingerprint density at radius 1 is 0.958 bits per heavy atom. The molecule has 24 heavy (non-hydrogen) atoms. The number of aryl methyl sites for hydroxylation is 1. The Bertz CT molecular complexity index is 841. The monoisotopic (exact) mass is 336 g/mol. The molecular formula is C22H21FS. The highest BCUT2D eigenvalue weighted by atomic mass is 32.1. The molecule has 0 radical (unpaired) electrons. The summed E-state index contributed by atoms with van der Waals surface area (Å²) in [6.07, 6.45) is 4.93. The fraction of sp³-hybridized carbons (Fsp3) is 0.273. The maximum Gasteiger partial charge on any atom is 0.132 e. The molecule has 0 N–H and O–H groups in total. The van der Waals surface area contributed by atoms with E-state index in [2.05, 4.69) is 37.3 Å². The van der Waals surface area contributed by atoms with E-state index in [1.165, 1.54) is 29.7 Å². The van der Waals surface area contributed by atoms with E-state index in [0.717, 1.165) is 28.3 Å². The molecule has 0 aliphatic heterocycles.